The van der Waals surface area contributed by atoms with Crippen molar-refractivity contribution in [2.75, 3.05) is 0 Å². The fourth-order valence-corrected chi connectivity index (χ4v) is 2.59. The third-order valence-corrected chi connectivity index (χ3v) is 3.63. The fourth-order valence-electron chi connectivity index (χ4n) is 2.59. The van der Waals surface area contributed by atoms with Crippen molar-refractivity contribution >= 4 is 0 Å². The molecule has 2 aromatic heterocycles. The number of nitrogens with one attached hydrogen (secondary N) is 1. The van der Waals surface area contributed by atoms with Gasteiger partial charge in [-0.25, -0.2) is 0 Å². The Morgan fingerprint density at radius 1 is 1.19 bits per heavy atom. The van der Waals surface area contributed by atoms with Gasteiger partial charge in [-0.1, -0.05) is 0 Å². The number of rotatable bonds is 4. The van der Waals surface area contributed by atoms with E-state index in [-0.39, 0.29) is 5.54 Å². The van der Waals surface area contributed by atoms with Gasteiger partial charge in [0.1, 0.15) is 5.69 Å². The lowest BCUT2D eigenvalue weighted by molar-refractivity contribution is 0.424. The quantitative estimate of drug-likeness (QED) is 0.941. The molecule has 0 aliphatic heterocycles. The summed E-state index contributed by atoms with van der Waals surface area (Å²) in [6, 6.07) is 0. The number of aromatic nitrogens is 4. The standard InChI is InChI=1S/C16H27N5/c1-8-21-12(3)14(11(2)18-21)15-13(10-20(7)19-15)9-17-16(4,5)6/h10,17H,8-9H2,1-7H3. The molecule has 0 fully saturated rings. The first-order valence-electron chi connectivity index (χ1n) is 7.55. The zero-order valence-corrected chi connectivity index (χ0v) is 14.3. The van der Waals surface area contributed by atoms with Gasteiger partial charge < -0.3 is 5.32 Å². The third kappa shape index (κ3) is 3.35. The van der Waals surface area contributed by atoms with Crippen LogP contribution in [-0.4, -0.2) is 25.1 Å². The molecule has 0 aromatic carbocycles. The monoisotopic (exact) mass is 289 g/mol. The van der Waals surface area contributed by atoms with E-state index >= 15 is 0 Å². The summed E-state index contributed by atoms with van der Waals surface area (Å²) in [5.41, 5.74) is 5.75. The Morgan fingerprint density at radius 2 is 1.86 bits per heavy atom. The van der Waals surface area contributed by atoms with Crippen molar-refractivity contribution in [1.29, 1.82) is 0 Å². The molecular formula is C16H27N5. The molecular weight excluding hydrogens is 262 g/mol. The van der Waals surface area contributed by atoms with Crippen LogP contribution < -0.4 is 5.32 Å². The molecule has 2 heterocycles. The van der Waals surface area contributed by atoms with Crippen LogP contribution in [0.3, 0.4) is 0 Å². The zero-order chi connectivity index (χ0) is 15.8. The maximum Gasteiger partial charge on any atom is 0.100 e. The molecule has 0 amide bonds. The van der Waals surface area contributed by atoms with E-state index in [0.717, 1.165) is 24.5 Å². The summed E-state index contributed by atoms with van der Waals surface area (Å²) in [7, 11) is 1.97. The molecule has 0 saturated heterocycles. The summed E-state index contributed by atoms with van der Waals surface area (Å²) < 4.78 is 3.93. The van der Waals surface area contributed by atoms with Gasteiger partial charge >= 0.3 is 0 Å². The van der Waals surface area contributed by atoms with E-state index in [1.165, 1.54) is 16.8 Å². The Labute approximate surface area is 127 Å². The van der Waals surface area contributed by atoms with E-state index in [9.17, 15) is 0 Å². The predicted octanol–water partition coefficient (Wildman–Crippen LogP) is 2.81. The molecule has 0 aliphatic rings. The zero-order valence-electron chi connectivity index (χ0n) is 14.3. The normalized spacial score (nSPS) is 12.1. The minimum atomic E-state index is 0.0881. The summed E-state index contributed by atoms with van der Waals surface area (Å²) >= 11 is 0. The number of hydrogen-bond acceptors (Lipinski definition) is 3. The van der Waals surface area contributed by atoms with Gasteiger partial charge in [0.15, 0.2) is 0 Å². The predicted molar refractivity (Wildman–Crippen MR) is 86.2 cm³/mol. The summed E-state index contributed by atoms with van der Waals surface area (Å²) in [5, 5.41) is 12.8. The van der Waals surface area contributed by atoms with Crippen molar-refractivity contribution < 1.29 is 0 Å². The molecule has 0 unspecified atom stereocenters. The largest absolute Gasteiger partial charge is 0.308 e. The molecule has 5 nitrogen and oxygen atoms in total. The SMILES string of the molecule is CCn1nc(C)c(-c2nn(C)cc2CNC(C)(C)C)c1C. The van der Waals surface area contributed by atoms with Gasteiger partial charge in [0.25, 0.3) is 0 Å². The van der Waals surface area contributed by atoms with E-state index < -0.39 is 0 Å². The van der Waals surface area contributed by atoms with Crippen molar-refractivity contribution in [2.24, 2.45) is 7.05 Å². The Hall–Kier alpha value is -1.62. The highest BCUT2D eigenvalue weighted by molar-refractivity contribution is 5.67. The Balaban J connectivity index is 2.43. The van der Waals surface area contributed by atoms with Crippen LogP contribution in [0.4, 0.5) is 0 Å². The van der Waals surface area contributed by atoms with Crippen LogP contribution in [0.15, 0.2) is 6.20 Å². The van der Waals surface area contributed by atoms with Crippen molar-refractivity contribution in [1.82, 2.24) is 24.9 Å². The highest BCUT2D eigenvalue weighted by Crippen LogP contribution is 2.28. The van der Waals surface area contributed by atoms with Gasteiger partial charge in [-0.15, -0.1) is 0 Å². The molecule has 0 aliphatic carbocycles. The molecule has 5 heteroatoms. The van der Waals surface area contributed by atoms with Crippen LogP contribution in [0.5, 0.6) is 0 Å². The molecule has 2 aromatic rings. The Bertz CT molecular complexity index is 628. The van der Waals surface area contributed by atoms with E-state index in [2.05, 4.69) is 63.3 Å². The summed E-state index contributed by atoms with van der Waals surface area (Å²) in [6.45, 7) is 14.5. The molecule has 0 saturated carbocycles. The van der Waals surface area contributed by atoms with Crippen LogP contribution in [0.25, 0.3) is 11.3 Å². The van der Waals surface area contributed by atoms with Gasteiger partial charge in [0.2, 0.25) is 0 Å². The molecule has 0 atom stereocenters. The summed E-state index contributed by atoms with van der Waals surface area (Å²) in [6.07, 6.45) is 2.09. The first-order chi connectivity index (χ1) is 9.73. The van der Waals surface area contributed by atoms with Crippen molar-refractivity contribution in [2.45, 2.75) is 60.2 Å². The van der Waals surface area contributed by atoms with Crippen LogP contribution in [0, 0.1) is 13.8 Å². The van der Waals surface area contributed by atoms with Gasteiger partial charge in [-0.05, 0) is 41.5 Å². The molecule has 1 N–H and O–H groups in total. The lowest BCUT2D eigenvalue weighted by Crippen LogP contribution is -2.35. The highest BCUT2D eigenvalue weighted by Gasteiger charge is 2.20. The van der Waals surface area contributed by atoms with Crippen LogP contribution in [0.2, 0.25) is 0 Å². The highest BCUT2D eigenvalue weighted by atomic mass is 15.3. The maximum atomic E-state index is 4.67. The second-order valence-electron chi connectivity index (χ2n) is 6.64. The van der Waals surface area contributed by atoms with Crippen LogP contribution in [0.1, 0.15) is 44.6 Å². The van der Waals surface area contributed by atoms with Gasteiger partial charge in [-0.2, -0.15) is 10.2 Å². The van der Waals surface area contributed by atoms with Gasteiger partial charge in [0, 0.05) is 48.7 Å². The minimum absolute atomic E-state index is 0.0881. The average molecular weight is 289 g/mol. The van der Waals surface area contributed by atoms with Crippen molar-refractivity contribution in [3.8, 4) is 11.3 Å². The summed E-state index contributed by atoms with van der Waals surface area (Å²) in [5.74, 6) is 0. The number of nitrogens with zero attached hydrogens (tertiary/aromatic N) is 4. The lowest BCUT2D eigenvalue weighted by Gasteiger charge is -2.20. The molecule has 21 heavy (non-hydrogen) atoms. The molecule has 0 spiro atoms. The summed E-state index contributed by atoms with van der Waals surface area (Å²) in [4.78, 5) is 0. The van der Waals surface area contributed by atoms with E-state index in [0.29, 0.717) is 0 Å². The van der Waals surface area contributed by atoms with Crippen molar-refractivity contribution in [3.63, 3.8) is 0 Å². The smallest absolute Gasteiger partial charge is 0.100 e. The third-order valence-electron chi connectivity index (χ3n) is 3.63. The first-order valence-corrected chi connectivity index (χ1v) is 7.55. The fraction of sp³-hybridized carbons (Fsp3) is 0.625. The Kier molecular flexibility index (Phi) is 4.23. The van der Waals surface area contributed by atoms with Crippen LogP contribution >= 0.6 is 0 Å². The van der Waals surface area contributed by atoms with Gasteiger partial charge in [-0.3, -0.25) is 9.36 Å². The second-order valence-corrected chi connectivity index (χ2v) is 6.64. The second kappa shape index (κ2) is 5.64. The minimum Gasteiger partial charge on any atom is -0.308 e. The van der Waals surface area contributed by atoms with E-state index in [4.69, 9.17) is 0 Å². The van der Waals surface area contributed by atoms with Crippen molar-refractivity contribution in [3.05, 3.63) is 23.1 Å². The number of hydrogen-bond donors (Lipinski definition) is 1. The molecule has 0 bridgehead atoms. The molecule has 116 valence electrons. The Morgan fingerprint density at radius 3 is 2.38 bits per heavy atom. The molecule has 2 rings (SSSR count). The average Bonchev–Trinajstić information content (AvgIpc) is 2.86. The molecule has 0 radical (unpaired) electrons. The maximum absolute atomic E-state index is 4.67. The van der Waals surface area contributed by atoms with E-state index in [1.54, 1.807) is 0 Å². The number of aryl methyl sites for hydroxylation is 3. The van der Waals surface area contributed by atoms with Gasteiger partial charge in [0.05, 0.1) is 5.69 Å². The topological polar surface area (TPSA) is 47.7 Å². The van der Waals surface area contributed by atoms with E-state index in [1.807, 2.05) is 16.4 Å². The van der Waals surface area contributed by atoms with Crippen LogP contribution in [-0.2, 0) is 20.1 Å². The lowest BCUT2D eigenvalue weighted by atomic mass is 10.0. The first kappa shape index (κ1) is 15.8.